The second-order valence-corrected chi connectivity index (χ2v) is 3.58. The van der Waals surface area contributed by atoms with Crippen LogP contribution in [0.25, 0.3) is 0 Å². The Hall–Kier alpha value is -0.770. The van der Waals surface area contributed by atoms with Crippen LogP contribution in [0.4, 0.5) is 4.79 Å². The molecule has 0 unspecified atom stereocenters. The molecule has 0 aromatic heterocycles. The molecule has 13 heavy (non-hydrogen) atoms. The molecule has 0 aliphatic carbocycles. The molecular formula is C9H19N3O. The first-order valence-electron chi connectivity index (χ1n) is 5.02. The summed E-state index contributed by atoms with van der Waals surface area (Å²) in [5.74, 6) is 0. The lowest BCUT2D eigenvalue weighted by molar-refractivity contribution is 0.208. The van der Waals surface area contributed by atoms with Crippen LogP contribution in [0.1, 0.15) is 26.2 Å². The van der Waals surface area contributed by atoms with E-state index in [4.69, 9.17) is 5.73 Å². The number of carbonyl (C=O) groups is 1. The van der Waals surface area contributed by atoms with Crippen LogP contribution < -0.4 is 11.1 Å². The van der Waals surface area contributed by atoms with Crippen LogP contribution >= 0.6 is 0 Å². The summed E-state index contributed by atoms with van der Waals surface area (Å²) in [5, 5.41) is 2.88. The maximum absolute atomic E-state index is 11.4. The highest BCUT2D eigenvalue weighted by molar-refractivity contribution is 5.74. The van der Waals surface area contributed by atoms with Crippen LogP contribution in [0, 0.1) is 0 Å². The number of nitrogens with zero attached hydrogens (tertiary/aromatic N) is 1. The molecule has 1 saturated heterocycles. The fraction of sp³-hybridized carbons (Fsp3) is 0.889. The van der Waals surface area contributed by atoms with Crippen LogP contribution in [0.15, 0.2) is 0 Å². The van der Waals surface area contributed by atoms with Crippen molar-refractivity contribution in [3.05, 3.63) is 0 Å². The van der Waals surface area contributed by atoms with Gasteiger partial charge in [-0.15, -0.1) is 0 Å². The number of nitrogens with one attached hydrogen (secondary N) is 1. The Labute approximate surface area is 79.5 Å². The lowest BCUT2D eigenvalue weighted by atomic mass is 10.3. The third kappa shape index (κ3) is 3.22. The average Bonchev–Trinajstić information content (AvgIpc) is 2.52. The molecule has 1 fully saturated rings. The van der Waals surface area contributed by atoms with Gasteiger partial charge in [0.1, 0.15) is 0 Å². The number of nitrogens with two attached hydrogens (primary N) is 1. The summed E-state index contributed by atoms with van der Waals surface area (Å²) in [5.41, 5.74) is 5.70. The van der Waals surface area contributed by atoms with Gasteiger partial charge in [0.25, 0.3) is 0 Å². The van der Waals surface area contributed by atoms with Crippen LogP contribution in [0.3, 0.4) is 0 Å². The summed E-state index contributed by atoms with van der Waals surface area (Å²) in [6.07, 6.45) is 3.09. The highest BCUT2D eigenvalue weighted by Crippen LogP contribution is 2.06. The molecule has 2 amide bonds. The molecule has 0 aromatic carbocycles. The van der Waals surface area contributed by atoms with E-state index in [1.165, 1.54) is 0 Å². The number of amides is 2. The first-order valence-corrected chi connectivity index (χ1v) is 5.02. The van der Waals surface area contributed by atoms with Crippen molar-refractivity contribution in [3.8, 4) is 0 Å². The Bertz CT molecular complexity index is 172. The zero-order chi connectivity index (χ0) is 9.68. The maximum atomic E-state index is 11.4. The molecule has 3 N–H and O–H groups in total. The molecule has 0 aromatic rings. The third-order valence-corrected chi connectivity index (χ3v) is 2.32. The summed E-state index contributed by atoms with van der Waals surface area (Å²) in [6, 6.07) is 0.221. The molecule has 0 bridgehead atoms. The van der Waals surface area contributed by atoms with Crippen molar-refractivity contribution in [2.45, 2.75) is 32.2 Å². The van der Waals surface area contributed by atoms with Gasteiger partial charge in [0.15, 0.2) is 0 Å². The van der Waals surface area contributed by atoms with Crippen molar-refractivity contribution < 1.29 is 4.79 Å². The zero-order valence-corrected chi connectivity index (χ0v) is 8.25. The second kappa shape index (κ2) is 5.07. The lowest BCUT2D eigenvalue weighted by Crippen LogP contribution is -2.40. The minimum absolute atomic E-state index is 0.0430. The highest BCUT2D eigenvalue weighted by atomic mass is 16.2. The minimum atomic E-state index is 0.0430. The summed E-state index contributed by atoms with van der Waals surface area (Å²) in [7, 11) is 0. The molecule has 4 nitrogen and oxygen atoms in total. The normalized spacial score (nSPS) is 22.0. The molecule has 4 heteroatoms. The van der Waals surface area contributed by atoms with Crippen molar-refractivity contribution in [3.63, 3.8) is 0 Å². The van der Waals surface area contributed by atoms with Gasteiger partial charge in [-0.25, -0.2) is 4.79 Å². The van der Waals surface area contributed by atoms with Gasteiger partial charge in [-0.2, -0.15) is 0 Å². The smallest absolute Gasteiger partial charge is 0.317 e. The SMILES string of the molecule is CCCCNC(=O)N1CC[C@@H](N)C1. The first kappa shape index (κ1) is 10.3. The number of rotatable bonds is 3. The first-order chi connectivity index (χ1) is 6.24. The Morgan fingerprint density at radius 2 is 2.46 bits per heavy atom. The van der Waals surface area contributed by atoms with E-state index >= 15 is 0 Å². The van der Waals surface area contributed by atoms with Gasteiger partial charge in [-0.3, -0.25) is 0 Å². The number of likely N-dealkylation sites (tertiary alicyclic amines) is 1. The van der Waals surface area contributed by atoms with E-state index in [1.54, 1.807) is 4.90 Å². The highest BCUT2D eigenvalue weighted by Gasteiger charge is 2.22. The Kier molecular flexibility index (Phi) is 4.02. The molecule has 1 atom stereocenters. The van der Waals surface area contributed by atoms with Gasteiger partial charge in [0, 0.05) is 25.7 Å². The van der Waals surface area contributed by atoms with Gasteiger partial charge in [-0.05, 0) is 12.8 Å². The van der Waals surface area contributed by atoms with Crippen molar-refractivity contribution in [2.24, 2.45) is 5.73 Å². The van der Waals surface area contributed by atoms with Gasteiger partial charge >= 0.3 is 6.03 Å². The Balaban J connectivity index is 2.16. The molecule has 76 valence electrons. The quantitative estimate of drug-likeness (QED) is 0.630. The van der Waals surface area contributed by atoms with Gasteiger partial charge in [-0.1, -0.05) is 13.3 Å². The van der Waals surface area contributed by atoms with Crippen LogP contribution in [0.5, 0.6) is 0 Å². The number of urea groups is 1. The van der Waals surface area contributed by atoms with E-state index in [1.807, 2.05) is 0 Å². The Morgan fingerprint density at radius 3 is 3.00 bits per heavy atom. The van der Waals surface area contributed by atoms with Crippen molar-refractivity contribution >= 4 is 6.03 Å². The van der Waals surface area contributed by atoms with E-state index in [2.05, 4.69) is 12.2 Å². The second-order valence-electron chi connectivity index (χ2n) is 3.58. The van der Waals surface area contributed by atoms with Gasteiger partial charge in [0.2, 0.25) is 0 Å². The third-order valence-electron chi connectivity index (χ3n) is 2.32. The summed E-state index contributed by atoms with van der Waals surface area (Å²) in [6.45, 7) is 4.40. The monoisotopic (exact) mass is 185 g/mol. The zero-order valence-electron chi connectivity index (χ0n) is 8.25. The molecule has 1 aliphatic heterocycles. The van der Waals surface area contributed by atoms with E-state index in [0.29, 0.717) is 6.54 Å². The molecule has 1 rings (SSSR count). The average molecular weight is 185 g/mol. The van der Waals surface area contributed by atoms with Gasteiger partial charge < -0.3 is 16.0 Å². The number of hydrogen-bond acceptors (Lipinski definition) is 2. The van der Waals surface area contributed by atoms with E-state index < -0.39 is 0 Å². The summed E-state index contributed by atoms with van der Waals surface area (Å²) < 4.78 is 0. The minimum Gasteiger partial charge on any atom is -0.338 e. The maximum Gasteiger partial charge on any atom is 0.317 e. The molecule has 0 spiro atoms. The lowest BCUT2D eigenvalue weighted by Gasteiger charge is -2.16. The molecule has 1 heterocycles. The number of hydrogen-bond donors (Lipinski definition) is 2. The molecule has 1 aliphatic rings. The largest absolute Gasteiger partial charge is 0.338 e. The predicted molar refractivity (Wildman–Crippen MR) is 52.5 cm³/mol. The predicted octanol–water partition coefficient (Wildman–Crippen LogP) is 0.529. The number of unbranched alkanes of at least 4 members (excludes halogenated alkanes) is 1. The fourth-order valence-corrected chi connectivity index (χ4v) is 1.46. The molecule has 0 saturated carbocycles. The number of carbonyl (C=O) groups excluding carboxylic acids is 1. The topological polar surface area (TPSA) is 58.4 Å². The Morgan fingerprint density at radius 1 is 1.69 bits per heavy atom. The molecule has 0 radical (unpaired) electrons. The van der Waals surface area contributed by atoms with E-state index in [-0.39, 0.29) is 12.1 Å². The summed E-state index contributed by atoms with van der Waals surface area (Å²) in [4.78, 5) is 13.2. The van der Waals surface area contributed by atoms with E-state index in [0.717, 1.165) is 32.4 Å². The fourth-order valence-electron chi connectivity index (χ4n) is 1.46. The summed E-state index contributed by atoms with van der Waals surface area (Å²) >= 11 is 0. The van der Waals surface area contributed by atoms with Crippen LogP contribution in [-0.4, -0.2) is 36.6 Å². The van der Waals surface area contributed by atoms with Crippen molar-refractivity contribution in [1.82, 2.24) is 10.2 Å². The van der Waals surface area contributed by atoms with E-state index in [9.17, 15) is 4.79 Å². The van der Waals surface area contributed by atoms with Gasteiger partial charge in [0.05, 0.1) is 0 Å². The standard InChI is InChI=1S/C9H19N3O/c1-2-3-5-11-9(13)12-6-4-8(10)7-12/h8H,2-7,10H2,1H3,(H,11,13)/t8-/m1/s1. The van der Waals surface area contributed by atoms with Crippen LogP contribution in [-0.2, 0) is 0 Å². The molecular weight excluding hydrogens is 166 g/mol. The van der Waals surface area contributed by atoms with Crippen molar-refractivity contribution in [1.29, 1.82) is 0 Å². The van der Waals surface area contributed by atoms with Crippen molar-refractivity contribution in [2.75, 3.05) is 19.6 Å². The van der Waals surface area contributed by atoms with Crippen LogP contribution in [0.2, 0.25) is 0 Å².